The summed E-state index contributed by atoms with van der Waals surface area (Å²) in [6.45, 7) is 0. The zero-order chi connectivity index (χ0) is 15.0. The number of sulfonamides is 1. The number of nitrogens with two attached hydrogens (primary N) is 1. The maximum Gasteiger partial charge on any atom is 0.242 e. The van der Waals surface area contributed by atoms with E-state index in [1.165, 1.54) is 12.1 Å². The van der Waals surface area contributed by atoms with Crippen LogP contribution in [0.25, 0.3) is 0 Å². The van der Waals surface area contributed by atoms with Crippen LogP contribution in [0.1, 0.15) is 17.9 Å². The van der Waals surface area contributed by atoms with Crippen molar-refractivity contribution in [2.45, 2.75) is 23.3 Å². The summed E-state index contributed by atoms with van der Waals surface area (Å²) in [5.74, 6) is -0.566. The predicted octanol–water partition coefficient (Wildman–Crippen LogP) is 2.24. The lowest BCUT2D eigenvalue weighted by atomic mass is 10.1. The summed E-state index contributed by atoms with van der Waals surface area (Å²) in [5, 5.41) is 0. The molecule has 21 heavy (non-hydrogen) atoms. The molecular weight excluding hydrogens is 291 g/mol. The molecule has 0 aliphatic heterocycles. The highest BCUT2D eigenvalue weighted by Gasteiger charge is 2.41. The molecule has 0 saturated heterocycles. The molecule has 2 unspecified atom stereocenters. The molecule has 1 aliphatic rings. The van der Waals surface area contributed by atoms with Crippen LogP contribution in [0.15, 0.2) is 53.4 Å². The second-order valence-corrected chi connectivity index (χ2v) is 6.81. The number of halogens is 1. The van der Waals surface area contributed by atoms with Crippen LogP contribution in [0, 0.1) is 5.82 Å². The lowest BCUT2D eigenvalue weighted by molar-refractivity contribution is 0.577. The minimum absolute atomic E-state index is 0.163. The first kappa shape index (κ1) is 14.0. The van der Waals surface area contributed by atoms with Crippen LogP contribution in [0.3, 0.4) is 0 Å². The molecule has 0 aromatic heterocycles. The molecule has 0 amide bonds. The van der Waals surface area contributed by atoms with Crippen LogP contribution in [-0.2, 0) is 10.0 Å². The van der Waals surface area contributed by atoms with Crippen molar-refractivity contribution >= 4 is 15.7 Å². The van der Waals surface area contributed by atoms with Gasteiger partial charge in [-0.3, -0.25) is 0 Å². The second kappa shape index (κ2) is 5.13. The minimum Gasteiger partial charge on any atom is -0.395 e. The van der Waals surface area contributed by atoms with Gasteiger partial charge in [-0.1, -0.05) is 36.4 Å². The first-order valence-electron chi connectivity index (χ1n) is 6.60. The number of hydrogen-bond donors (Lipinski definition) is 2. The lowest BCUT2D eigenvalue weighted by Gasteiger charge is -2.09. The monoisotopic (exact) mass is 306 g/mol. The van der Waals surface area contributed by atoms with Crippen LogP contribution < -0.4 is 10.5 Å². The maximum absolute atomic E-state index is 13.4. The Labute approximate surface area is 122 Å². The minimum atomic E-state index is -3.81. The molecule has 0 heterocycles. The lowest BCUT2D eigenvalue weighted by Crippen LogP contribution is -2.27. The Morgan fingerprint density at radius 1 is 1.10 bits per heavy atom. The van der Waals surface area contributed by atoms with E-state index in [0.717, 1.165) is 18.1 Å². The predicted molar refractivity (Wildman–Crippen MR) is 78.7 cm³/mol. The van der Waals surface area contributed by atoms with E-state index in [2.05, 4.69) is 4.72 Å². The highest BCUT2D eigenvalue weighted by Crippen LogP contribution is 2.41. The molecule has 6 heteroatoms. The third-order valence-corrected chi connectivity index (χ3v) is 5.18. The van der Waals surface area contributed by atoms with Crippen molar-refractivity contribution < 1.29 is 12.8 Å². The first-order chi connectivity index (χ1) is 9.99. The van der Waals surface area contributed by atoms with E-state index in [-0.39, 0.29) is 22.5 Å². The molecular formula is C15H15FN2O2S. The van der Waals surface area contributed by atoms with Crippen LogP contribution in [0.2, 0.25) is 0 Å². The van der Waals surface area contributed by atoms with Crippen molar-refractivity contribution in [2.24, 2.45) is 0 Å². The molecule has 2 aromatic carbocycles. The quantitative estimate of drug-likeness (QED) is 0.851. The highest BCUT2D eigenvalue weighted by molar-refractivity contribution is 7.89. The zero-order valence-corrected chi connectivity index (χ0v) is 12.0. The van der Waals surface area contributed by atoms with Gasteiger partial charge in [0.15, 0.2) is 0 Å². The molecule has 2 aromatic rings. The molecule has 0 spiro atoms. The summed E-state index contributed by atoms with van der Waals surface area (Å²) in [7, 11) is -3.81. The standard InChI is InChI=1S/C15H15FN2O2S/c16-12-7-4-8-14(15(12)17)21(19,20)18-13-9-11(13)10-5-2-1-3-6-10/h1-8,11,13,18H,9,17H2. The Bertz CT molecular complexity index is 762. The number of benzene rings is 2. The number of anilines is 1. The summed E-state index contributed by atoms with van der Waals surface area (Å²) in [5.41, 5.74) is 6.27. The molecule has 1 saturated carbocycles. The van der Waals surface area contributed by atoms with Gasteiger partial charge >= 0.3 is 0 Å². The average Bonchev–Trinajstić information content (AvgIpc) is 3.21. The molecule has 3 rings (SSSR count). The number of para-hydroxylation sites is 1. The van der Waals surface area contributed by atoms with Gasteiger partial charge in [-0.25, -0.2) is 17.5 Å². The maximum atomic E-state index is 13.4. The summed E-state index contributed by atoms with van der Waals surface area (Å²) in [4.78, 5) is -0.207. The molecule has 4 nitrogen and oxygen atoms in total. The summed E-state index contributed by atoms with van der Waals surface area (Å²) < 4.78 is 40.5. The topological polar surface area (TPSA) is 72.2 Å². The van der Waals surface area contributed by atoms with E-state index < -0.39 is 15.8 Å². The number of nitrogen functional groups attached to an aromatic ring is 1. The zero-order valence-electron chi connectivity index (χ0n) is 11.2. The number of rotatable bonds is 4. The third kappa shape index (κ3) is 2.77. The smallest absolute Gasteiger partial charge is 0.242 e. The van der Waals surface area contributed by atoms with Crippen molar-refractivity contribution in [1.82, 2.24) is 4.72 Å². The van der Waals surface area contributed by atoms with Crippen molar-refractivity contribution in [2.75, 3.05) is 5.73 Å². The third-order valence-electron chi connectivity index (χ3n) is 3.63. The van der Waals surface area contributed by atoms with Crippen LogP contribution in [0.4, 0.5) is 10.1 Å². The highest BCUT2D eigenvalue weighted by atomic mass is 32.2. The van der Waals surface area contributed by atoms with Gasteiger partial charge in [-0.2, -0.15) is 0 Å². The molecule has 110 valence electrons. The summed E-state index contributed by atoms with van der Waals surface area (Å²) in [6.07, 6.45) is 0.735. The van der Waals surface area contributed by atoms with E-state index >= 15 is 0 Å². The van der Waals surface area contributed by atoms with Crippen molar-refractivity contribution in [3.8, 4) is 0 Å². The Kier molecular flexibility index (Phi) is 3.43. The van der Waals surface area contributed by atoms with E-state index in [0.29, 0.717) is 0 Å². The van der Waals surface area contributed by atoms with Gasteiger partial charge in [0.05, 0.1) is 5.69 Å². The molecule has 0 radical (unpaired) electrons. The normalized spacial score (nSPS) is 21.2. The van der Waals surface area contributed by atoms with Crippen molar-refractivity contribution in [1.29, 1.82) is 0 Å². The molecule has 1 fully saturated rings. The Morgan fingerprint density at radius 2 is 1.81 bits per heavy atom. The Morgan fingerprint density at radius 3 is 2.52 bits per heavy atom. The Balaban J connectivity index is 1.78. The van der Waals surface area contributed by atoms with Gasteiger partial charge in [-0.05, 0) is 24.1 Å². The van der Waals surface area contributed by atoms with Gasteiger partial charge in [-0.15, -0.1) is 0 Å². The van der Waals surface area contributed by atoms with Crippen LogP contribution in [0.5, 0.6) is 0 Å². The van der Waals surface area contributed by atoms with Gasteiger partial charge in [0.25, 0.3) is 0 Å². The summed E-state index contributed by atoms with van der Waals surface area (Å²) >= 11 is 0. The number of hydrogen-bond acceptors (Lipinski definition) is 3. The molecule has 1 aliphatic carbocycles. The second-order valence-electron chi connectivity index (χ2n) is 5.13. The van der Waals surface area contributed by atoms with E-state index in [4.69, 9.17) is 5.73 Å². The largest absolute Gasteiger partial charge is 0.395 e. The van der Waals surface area contributed by atoms with Crippen molar-refractivity contribution in [3.05, 3.63) is 59.9 Å². The van der Waals surface area contributed by atoms with Crippen LogP contribution in [-0.4, -0.2) is 14.5 Å². The van der Waals surface area contributed by atoms with Gasteiger partial charge in [0.2, 0.25) is 10.0 Å². The van der Waals surface area contributed by atoms with E-state index in [1.807, 2.05) is 30.3 Å². The first-order valence-corrected chi connectivity index (χ1v) is 8.08. The average molecular weight is 306 g/mol. The van der Waals surface area contributed by atoms with Gasteiger partial charge < -0.3 is 5.73 Å². The Hall–Kier alpha value is -1.92. The number of nitrogens with one attached hydrogen (secondary N) is 1. The fourth-order valence-corrected chi connectivity index (χ4v) is 3.84. The van der Waals surface area contributed by atoms with Gasteiger partial charge in [0, 0.05) is 12.0 Å². The van der Waals surface area contributed by atoms with Crippen molar-refractivity contribution in [3.63, 3.8) is 0 Å². The molecule has 3 N–H and O–H groups in total. The van der Waals surface area contributed by atoms with Crippen LogP contribution >= 0.6 is 0 Å². The molecule has 2 atom stereocenters. The summed E-state index contributed by atoms with van der Waals surface area (Å²) in [6, 6.07) is 13.3. The van der Waals surface area contributed by atoms with Gasteiger partial charge in [0.1, 0.15) is 10.7 Å². The fourth-order valence-electron chi connectivity index (χ4n) is 2.41. The SMILES string of the molecule is Nc1c(F)cccc1S(=O)(=O)NC1CC1c1ccccc1. The van der Waals surface area contributed by atoms with E-state index in [1.54, 1.807) is 0 Å². The fraction of sp³-hybridized carbons (Fsp3) is 0.200. The molecule has 0 bridgehead atoms. The van der Waals surface area contributed by atoms with E-state index in [9.17, 15) is 12.8 Å².